The topological polar surface area (TPSA) is 33.5 Å². The van der Waals surface area contributed by atoms with E-state index in [-0.39, 0.29) is 5.41 Å². The van der Waals surface area contributed by atoms with E-state index in [1.165, 1.54) is 33.6 Å². The molecule has 0 atom stereocenters. The van der Waals surface area contributed by atoms with E-state index in [0.717, 1.165) is 22.6 Å². The average molecular weight is 457 g/mol. The molecule has 4 nitrogen and oxygen atoms in total. The first-order valence-electron chi connectivity index (χ1n) is 12.0. The monoisotopic (exact) mass is 456 g/mol. The molecule has 0 saturated carbocycles. The Hall–Kier alpha value is -4.18. The highest BCUT2D eigenvalue weighted by atomic mass is 15.0. The molecule has 0 spiro atoms. The first kappa shape index (κ1) is 21.4. The number of fused-ring (bicyclic) bond motifs is 3. The van der Waals surface area contributed by atoms with Gasteiger partial charge < -0.3 is 0 Å². The quantitative estimate of drug-likeness (QED) is 0.330. The molecule has 1 aliphatic carbocycles. The smallest absolute Gasteiger partial charge is 0.213 e. The van der Waals surface area contributed by atoms with Crippen molar-refractivity contribution in [3.05, 3.63) is 120 Å². The van der Waals surface area contributed by atoms with E-state index in [2.05, 4.69) is 128 Å². The Morgan fingerprint density at radius 3 is 1.97 bits per heavy atom. The predicted octanol–water partition coefficient (Wildman–Crippen LogP) is 5.62. The van der Waals surface area contributed by atoms with E-state index >= 15 is 0 Å². The summed E-state index contributed by atoms with van der Waals surface area (Å²) in [7, 11) is 0. The number of pyridine rings is 2. The lowest BCUT2D eigenvalue weighted by atomic mass is 9.86. The molecule has 6 rings (SSSR count). The van der Waals surface area contributed by atoms with E-state index in [9.17, 15) is 0 Å². The molecule has 0 amide bonds. The summed E-state index contributed by atoms with van der Waals surface area (Å²) < 4.78 is 4.36. The van der Waals surface area contributed by atoms with Crippen LogP contribution in [0, 0.1) is 13.8 Å². The van der Waals surface area contributed by atoms with Crippen LogP contribution in [0.4, 0.5) is 0 Å². The fraction of sp³-hybridized carbons (Fsp3) is 0.161. The van der Waals surface area contributed by atoms with Crippen LogP contribution in [0.1, 0.15) is 36.2 Å². The van der Waals surface area contributed by atoms with Crippen molar-refractivity contribution < 1.29 is 9.13 Å². The van der Waals surface area contributed by atoms with Gasteiger partial charge in [0.25, 0.3) is 0 Å². The maximum atomic E-state index is 5.15. The summed E-state index contributed by atoms with van der Waals surface area (Å²) in [4.78, 5) is 10.1. The SMILES string of the molecule is Cc1ccccc1-[n+]1ccc(-c2cnc3c(n2)C(C)(C)c2c[n+](-c4ccccc4C)ccc2-3)cc1. The van der Waals surface area contributed by atoms with Crippen molar-refractivity contribution in [1.82, 2.24) is 9.97 Å². The Labute approximate surface area is 206 Å². The molecule has 170 valence electrons. The van der Waals surface area contributed by atoms with E-state index in [1.54, 1.807) is 0 Å². The maximum absolute atomic E-state index is 5.15. The summed E-state index contributed by atoms with van der Waals surface area (Å²) in [5.41, 5.74) is 11.0. The Kier molecular flexibility index (Phi) is 4.85. The molecule has 5 aromatic rings. The molecule has 0 radical (unpaired) electrons. The van der Waals surface area contributed by atoms with Crippen LogP contribution in [0.5, 0.6) is 0 Å². The first-order chi connectivity index (χ1) is 16.9. The number of aryl methyl sites for hydroxylation is 2. The Morgan fingerprint density at radius 2 is 1.31 bits per heavy atom. The third kappa shape index (κ3) is 3.45. The molecule has 1 aliphatic rings. The normalized spacial score (nSPS) is 13.4. The lowest BCUT2D eigenvalue weighted by Gasteiger charge is -2.19. The molecule has 4 heteroatoms. The molecular weight excluding hydrogens is 428 g/mol. The van der Waals surface area contributed by atoms with Crippen LogP contribution in [0.15, 0.2) is 97.7 Å². The molecule has 0 aliphatic heterocycles. The minimum atomic E-state index is -0.241. The summed E-state index contributed by atoms with van der Waals surface area (Å²) in [6, 6.07) is 23.3. The summed E-state index contributed by atoms with van der Waals surface area (Å²) in [6.45, 7) is 8.77. The molecule has 0 bridgehead atoms. The van der Waals surface area contributed by atoms with Crippen molar-refractivity contribution in [3.8, 4) is 33.9 Å². The molecule has 0 unspecified atom stereocenters. The summed E-state index contributed by atoms with van der Waals surface area (Å²) >= 11 is 0. The standard InChI is InChI=1S/C31H28N4/c1-21-9-5-7-11-27(21)34-16-13-23(14-17-34)26-19-32-29-24-15-18-35(28-12-8-6-10-22(28)2)20-25(24)31(3,4)30(29)33-26/h5-20H,1-4H3/q+2. The van der Waals surface area contributed by atoms with Crippen LogP contribution in [-0.4, -0.2) is 9.97 Å². The minimum Gasteiger partial charge on any atom is -0.252 e. The van der Waals surface area contributed by atoms with Gasteiger partial charge in [-0.2, -0.15) is 9.13 Å². The van der Waals surface area contributed by atoms with Crippen LogP contribution >= 0.6 is 0 Å². The van der Waals surface area contributed by atoms with Gasteiger partial charge in [-0.15, -0.1) is 0 Å². The molecule has 0 N–H and O–H groups in total. The van der Waals surface area contributed by atoms with Crippen molar-refractivity contribution in [2.24, 2.45) is 0 Å². The number of hydrogen-bond donors (Lipinski definition) is 0. The fourth-order valence-corrected chi connectivity index (χ4v) is 5.10. The second-order valence-corrected chi connectivity index (χ2v) is 9.82. The first-order valence-corrected chi connectivity index (χ1v) is 12.0. The molecular formula is C31H28N4+2. The van der Waals surface area contributed by atoms with E-state index in [1.807, 2.05) is 6.20 Å². The fourth-order valence-electron chi connectivity index (χ4n) is 5.10. The van der Waals surface area contributed by atoms with Crippen LogP contribution in [0.3, 0.4) is 0 Å². The summed E-state index contributed by atoms with van der Waals surface area (Å²) in [5, 5.41) is 0. The third-order valence-electron chi connectivity index (χ3n) is 7.17. The van der Waals surface area contributed by atoms with Gasteiger partial charge in [-0.1, -0.05) is 36.4 Å². The van der Waals surface area contributed by atoms with Crippen LogP contribution in [0.25, 0.3) is 33.9 Å². The van der Waals surface area contributed by atoms with Crippen molar-refractivity contribution in [2.75, 3.05) is 0 Å². The van der Waals surface area contributed by atoms with Crippen molar-refractivity contribution in [3.63, 3.8) is 0 Å². The number of para-hydroxylation sites is 2. The van der Waals surface area contributed by atoms with E-state index < -0.39 is 0 Å². The van der Waals surface area contributed by atoms with Crippen LogP contribution < -0.4 is 9.13 Å². The predicted molar refractivity (Wildman–Crippen MR) is 138 cm³/mol. The van der Waals surface area contributed by atoms with Gasteiger partial charge in [0.05, 0.1) is 23.3 Å². The molecule has 0 fully saturated rings. The van der Waals surface area contributed by atoms with Crippen molar-refractivity contribution in [2.45, 2.75) is 33.1 Å². The van der Waals surface area contributed by atoms with E-state index in [4.69, 9.17) is 9.97 Å². The molecule has 3 heterocycles. The van der Waals surface area contributed by atoms with Crippen LogP contribution in [0.2, 0.25) is 0 Å². The number of benzene rings is 2. The van der Waals surface area contributed by atoms with Crippen LogP contribution in [-0.2, 0) is 5.41 Å². The number of aromatic nitrogens is 4. The lowest BCUT2D eigenvalue weighted by molar-refractivity contribution is -0.596. The second-order valence-electron chi connectivity index (χ2n) is 9.82. The number of hydrogen-bond acceptors (Lipinski definition) is 2. The number of nitrogens with zero attached hydrogens (tertiary/aromatic N) is 4. The molecule has 0 saturated heterocycles. The van der Waals surface area contributed by atoms with Gasteiger partial charge in [0.15, 0.2) is 24.8 Å². The average Bonchev–Trinajstić information content (AvgIpc) is 3.10. The zero-order chi connectivity index (χ0) is 24.2. The van der Waals surface area contributed by atoms with Gasteiger partial charge in [-0.25, -0.2) is 4.98 Å². The summed E-state index contributed by atoms with van der Waals surface area (Å²) in [5.74, 6) is 0. The molecule has 3 aromatic heterocycles. The minimum absolute atomic E-state index is 0.241. The zero-order valence-corrected chi connectivity index (χ0v) is 20.5. The van der Waals surface area contributed by atoms with Gasteiger partial charge in [0, 0.05) is 63.6 Å². The number of rotatable bonds is 3. The molecule has 2 aromatic carbocycles. The van der Waals surface area contributed by atoms with Crippen molar-refractivity contribution >= 4 is 0 Å². The van der Waals surface area contributed by atoms with Gasteiger partial charge in [-0.3, -0.25) is 4.98 Å². The highest BCUT2D eigenvalue weighted by Gasteiger charge is 2.41. The zero-order valence-electron chi connectivity index (χ0n) is 20.5. The van der Waals surface area contributed by atoms with Crippen molar-refractivity contribution in [1.29, 1.82) is 0 Å². The van der Waals surface area contributed by atoms with Gasteiger partial charge in [0.2, 0.25) is 11.4 Å². The highest BCUT2D eigenvalue weighted by molar-refractivity contribution is 5.76. The third-order valence-corrected chi connectivity index (χ3v) is 7.17. The van der Waals surface area contributed by atoms with E-state index in [0.29, 0.717) is 0 Å². The Bertz CT molecular complexity index is 1580. The maximum Gasteiger partial charge on any atom is 0.213 e. The Morgan fingerprint density at radius 1 is 0.714 bits per heavy atom. The van der Waals surface area contributed by atoms with Gasteiger partial charge in [0.1, 0.15) is 0 Å². The lowest BCUT2D eigenvalue weighted by Crippen LogP contribution is -2.33. The Balaban J connectivity index is 1.38. The van der Waals surface area contributed by atoms with Gasteiger partial charge >= 0.3 is 0 Å². The highest BCUT2D eigenvalue weighted by Crippen LogP contribution is 2.46. The van der Waals surface area contributed by atoms with Gasteiger partial charge in [-0.05, 0) is 27.7 Å². The second kappa shape index (κ2) is 7.95. The molecule has 35 heavy (non-hydrogen) atoms. The largest absolute Gasteiger partial charge is 0.252 e. The summed E-state index contributed by atoms with van der Waals surface area (Å²) in [6.07, 6.45) is 10.5.